The topological polar surface area (TPSA) is 60.9 Å². The average Bonchev–Trinajstić information content (AvgIpc) is 2.54. The van der Waals surface area contributed by atoms with Crippen molar-refractivity contribution in [1.82, 2.24) is 15.2 Å². The molecule has 0 amide bonds. The van der Waals surface area contributed by atoms with Crippen LogP contribution in [0.4, 0.5) is 5.82 Å². The Bertz CT molecular complexity index is 391. The Kier molecular flexibility index (Phi) is 6.72. The minimum atomic E-state index is 0.156. The molecule has 2 N–H and O–H groups in total. The van der Waals surface area contributed by atoms with Crippen molar-refractivity contribution < 1.29 is 9.84 Å². The highest BCUT2D eigenvalue weighted by Crippen LogP contribution is 2.17. The van der Waals surface area contributed by atoms with Gasteiger partial charge in [-0.05, 0) is 19.2 Å². The van der Waals surface area contributed by atoms with Gasteiger partial charge in [-0.3, -0.25) is 4.90 Å². The number of nitrogens with zero attached hydrogens (tertiary/aromatic N) is 3. The normalized spacial score (nSPS) is 16.2. The van der Waals surface area contributed by atoms with Crippen LogP contribution in [0.2, 0.25) is 0 Å². The standard InChI is InChI=1S/C15H26N4O2/c1-16-5-6-18-7-9-19(10-8-18)15-4-3-14(13-17-15)21-12-2-11-20/h3-4,13,16,20H,2,5-12H2,1H3. The SMILES string of the molecule is CNCCN1CCN(c2ccc(OCCCO)cn2)CC1. The first-order valence-electron chi connectivity index (χ1n) is 7.65. The lowest BCUT2D eigenvalue weighted by Crippen LogP contribution is -2.48. The molecule has 1 aromatic rings. The van der Waals surface area contributed by atoms with Crippen molar-refractivity contribution in [2.45, 2.75) is 6.42 Å². The molecule has 0 aromatic carbocycles. The summed E-state index contributed by atoms with van der Waals surface area (Å²) in [5.74, 6) is 1.78. The Morgan fingerprint density at radius 1 is 1.29 bits per heavy atom. The van der Waals surface area contributed by atoms with Gasteiger partial charge < -0.3 is 20.1 Å². The summed E-state index contributed by atoms with van der Waals surface area (Å²) in [6, 6.07) is 3.96. The van der Waals surface area contributed by atoms with Gasteiger partial charge in [-0.1, -0.05) is 0 Å². The molecule has 1 aliphatic rings. The van der Waals surface area contributed by atoms with E-state index in [1.54, 1.807) is 6.20 Å². The summed E-state index contributed by atoms with van der Waals surface area (Å²) in [5.41, 5.74) is 0. The molecular formula is C15H26N4O2. The molecule has 0 atom stereocenters. The van der Waals surface area contributed by atoms with E-state index in [9.17, 15) is 0 Å². The van der Waals surface area contributed by atoms with Crippen LogP contribution in [-0.4, -0.2) is 74.5 Å². The quantitative estimate of drug-likeness (QED) is 0.667. The number of ether oxygens (including phenoxy) is 1. The molecule has 1 aromatic heterocycles. The van der Waals surface area contributed by atoms with E-state index < -0.39 is 0 Å². The first kappa shape index (κ1) is 16.0. The second kappa shape index (κ2) is 8.81. The lowest BCUT2D eigenvalue weighted by molar-refractivity contribution is 0.233. The van der Waals surface area contributed by atoms with Gasteiger partial charge in [0, 0.05) is 52.3 Å². The molecule has 0 radical (unpaired) electrons. The van der Waals surface area contributed by atoms with Crippen molar-refractivity contribution >= 4 is 5.82 Å². The zero-order valence-corrected chi connectivity index (χ0v) is 12.8. The molecule has 1 saturated heterocycles. The molecule has 0 saturated carbocycles. The van der Waals surface area contributed by atoms with Gasteiger partial charge in [0.15, 0.2) is 0 Å². The van der Waals surface area contributed by atoms with Crippen LogP contribution in [0.15, 0.2) is 18.3 Å². The van der Waals surface area contributed by atoms with Crippen molar-refractivity contribution in [1.29, 1.82) is 0 Å². The summed E-state index contributed by atoms with van der Waals surface area (Å²) in [7, 11) is 1.99. The summed E-state index contributed by atoms with van der Waals surface area (Å²) in [6.45, 7) is 7.03. The van der Waals surface area contributed by atoms with E-state index in [1.807, 2.05) is 19.2 Å². The second-order valence-corrected chi connectivity index (χ2v) is 5.21. The number of nitrogens with one attached hydrogen (secondary N) is 1. The number of aliphatic hydroxyl groups is 1. The molecule has 1 fully saturated rings. The Balaban J connectivity index is 1.78. The van der Waals surface area contributed by atoms with E-state index in [1.165, 1.54) is 0 Å². The maximum Gasteiger partial charge on any atom is 0.137 e. The van der Waals surface area contributed by atoms with Crippen molar-refractivity contribution in [2.75, 3.05) is 64.4 Å². The Morgan fingerprint density at radius 3 is 2.71 bits per heavy atom. The van der Waals surface area contributed by atoms with Crippen molar-refractivity contribution in [3.63, 3.8) is 0 Å². The number of likely N-dealkylation sites (N-methyl/N-ethyl adjacent to an activating group) is 1. The first-order chi connectivity index (χ1) is 10.3. The van der Waals surface area contributed by atoms with Crippen LogP contribution in [0.3, 0.4) is 0 Å². The highest BCUT2D eigenvalue weighted by molar-refractivity contribution is 5.41. The molecule has 118 valence electrons. The molecule has 0 aliphatic carbocycles. The molecular weight excluding hydrogens is 268 g/mol. The van der Waals surface area contributed by atoms with Crippen LogP contribution in [-0.2, 0) is 0 Å². The van der Waals surface area contributed by atoms with E-state index in [-0.39, 0.29) is 6.61 Å². The van der Waals surface area contributed by atoms with Gasteiger partial charge in [0.25, 0.3) is 0 Å². The molecule has 1 aliphatic heterocycles. The van der Waals surface area contributed by atoms with E-state index in [4.69, 9.17) is 9.84 Å². The maximum atomic E-state index is 8.72. The second-order valence-electron chi connectivity index (χ2n) is 5.21. The van der Waals surface area contributed by atoms with Gasteiger partial charge in [0.05, 0.1) is 12.8 Å². The van der Waals surface area contributed by atoms with Gasteiger partial charge in [-0.2, -0.15) is 0 Å². The summed E-state index contributed by atoms with van der Waals surface area (Å²) < 4.78 is 5.49. The minimum absolute atomic E-state index is 0.156. The molecule has 21 heavy (non-hydrogen) atoms. The number of anilines is 1. The van der Waals surface area contributed by atoms with Crippen molar-refractivity contribution in [3.05, 3.63) is 18.3 Å². The van der Waals surface area contributed by atoms with Crippen molar-refractivity contribution in [3.8, 4) is 5.75 Å². The molecule has 2 heterocycles. The lowest BCUT2D eigenvalue weighted by Gasteiger charge is -2.35. The Labute approximate surface area is 126 Å². The third-order valence-corrected chi connectivity index (χ3v) is 3.67. The van der Waals surface area contributed by atoms with Gasteiger partial charge in [0.2, 0.25) is 0 Å². The molecule has 6 heteroatoms. The minimum Gasteiger partial charge on any atom is -0.492 e. The fourth-order valence-electron chi connectivity index (χ4n) is 2.37. The predicted molar refractivity (Wildman–Crippen MR) is 84.0 cm³/mol. The van der Waals surface area contributed by atoms with Crippen LogP contribution in [0, 0.1) is 0 Å². The fraction of sp³-hybridized carbons (Fsp3) is 0.667. The van der Waals surface area contributed by atoms with Crippen LogP contribution in [0.25, 0.3) is 0 Å². The Hall–Kier alpha value is -1.37. The van der Waals surface area contributed by atoms with Gasteiger partial charge in [-0.25, -0.2) is 4.98 Å². The highest BCUT2D eigenvalue weighted by Gasteiger charge is 2.17. The first-order valence-corrected chi connectivity index (χ1v) is 7.65. The van der Waals surface area contributed by atoms with E-state index in [0.29, 0.717) is 13.0 Å². The number of hydrogen-bond donors (Lipinski definition) is 2. The van der Waals surface area contributed by atoms with Gasteiger partial charge >= 0.3 is 0 Å². The Morgan fingerprint density at radius 2 is 2.10 bits per heavy atom. The van der Waals surface area contributed by atoms with Gasteiger partial charge in [-0.15, -0.1) is 0 Å². The number of aliphatic hydroxyl groups excluding tert-OH is 1. The molecule has 2 rings (SSSR count). The molecule has 0 spiro atoms. The average molecular weight is 294 g/mol. The fourth-order valence-corrected chi connectivity index (χ4v) is 2.37. The third kappa shape index (κ3) is 5.15. The lowest BCUT2D eigenvalue weighted by atomic mass is 10.3. The predicted octanol–water partition coefficient (Wildman–Crippen LogP) is 0.184. The van der Waals surface area contributed by atoms with E-state index >= 15 is 0 Å². The van der Waals surface area contributed by atoms with Crippen molar-refractivity contribution in [2.24, 2.45) is 0 Å². The van der Waals surface area contributed by atoms with Crippen LogP contribution >= 0.6 is 0 Å². The third-order valence-electron chi connectivity index (χ3n) is 3.67. The molecule has 6 nitrogen and oxygen atoms in total. The smallest absolute Gasteiger partial charge is 0.137 e. The summed E-state index contributed by atoms with van der Waals surface area (Å²) in [6.07, 6.45) is 2.41. The summed E-state index contributed by atoms with van der Waals surface area (Å²) >= 11 is 0. The number of piperazine rings is 1. The molecule has 0 unspecified atom stereocenters. The zero-order valence-electron chi connectivity index (χ0n) is 12.8. The number of pyridine rings is 1. The number of rotatable bonds is 8. The summed E-state index contributed by atoms with van der Waals surface area (Å²) in [5, 5.41) is 11.9. The summed E-state index contributed by atoms with van der Waals surface area (Å²) in [4.78, 5) is 9.26. The highest BCUT2D eigenvalue weighted by atomic mass is 16.5. The number of aromatic nitrogens is 1. The largest absolute Gasteiger partial charge is 0.492 e. The van der Waals surface area contributed by atoms with Crippen LogP contribution < -0.4 is 15.0 Å². The van der Waals surface area contributed by atoms with E-state index in [2.05, 4.69) is 20.1 Å². The van der Waals surface area contributed by atoms with Gasteiger partial charge in [0.1, 0.15) is 11.6 Å². The maximum absolute atomic E-state index is 8.72. The van der Waals surface area contributed by atoms with Crippen LogP contribution in [0.5, 0.6) is 5.75 Å². The zero-order chi connectivity index (χ0) is 14.9. The van der Waals surface area contributed by atoms with E-state index in [0.717, 1.165) is 50.8 Å². The monoisotopic (exact) mass is 294 g/mol. The number of hydrogen-bond acceptors (Lipinski definition) is 6. The molecule has 0 bridgehead atoms. The van der Waals surface area contributed by atoms with Crippen LogP contribution in [0.1, 0.15) is 6.42 Å².